The molecule has 0 bridgehead atoms. The van der Waals surface area contributed by atoms with E-state index in [2.05, 4.69) is 10.4 Å². The van der Waals surface area contributed by atoms with Gasteiger partial charge >= 0.3 is 11.9 Å². The number of nitrogens with zero attached hydrogens (tertiary/aromatic N) is 3. The van der Waals surface area contributed by atoms with E-state index in [9.17, 15) is 28.1 Å². The van der Waals surface area contributed by atoms with Crippen LogP contribution < -0.4 is 10.1 Å². The molecule has 0 aliphatic heterocycles. The molecule has 11 heteroatoms. The number of aryl methyl sites for hydroxylation is 1. The van der Waals surface area contributed by atoms with Crippen molar-refractivity contribution in [2.24, 2.45) is 7.05 Å². The lowest BCUT2D eigenvalue weighted by Gasteiger charge is -2.09. The van der Waals surface area contributed by atoms with E-state index >= 15 is 0 Å². The Bertz CT molecular complexity index is 1100. The summed E-state index contributed by atoms with van der Waals surface area (Å²) in [7, 11) is 1.48. The molecule has 0 fully saturated rings. The Balaban J connectivity index is 1.71. The number of carbonyl (C=O) groups is 1. The van der Waals surface area contributed by atoms with Crippen LogP contribution >= 0.6 is 0 Å². The minimum Gasteiger partial charge on any atom is -0.432 e. The quantitative estimate of drug-likeness (QED) is 0.479. The molecule has 8 nitrogen and oxygen atoms in total. The summed E-state index contributed by atoms with van der Waals surface area (Å²) in [6.45, 7) is -0.139. The van der Waals surface area contributed by atoms with Gasteiger partial charge < -0.3 is 10.1 Å². The van der Waals surface area contributed by atoms with Crippen molar-refractivity contribution < 1.29 is 27.6 Å². The first-order valence-corrected chi connectivity index (χ1v) is 8.55. The Morgan fingerprint density at radius 1 is 1.20 bits per heavy atom. The van der Waals surface area contributed by atoms with E-state index in [0.717, 1.165) is 12.1 Å². The van der Waals surface area contributed by atoms with Crippen LogP contribution in [-0.4, -0.2) is 20.6 Å². The molecule has 0 atom stereocenters. The van der Waals surface area contributed by atoms with Gasteiger partial charge in [0.2, 0.25) is 11.6 Å². The molecule has 30 heavy (non-hydrogen) atoms. The van der Waals surface area contributed by atoms with Crippen LogP contribution in [0.2, 0.25) is 0 Å². The van der Waals surface area contributed by atoms with Gasteiger partial charge in [-0.05, 0) is 23.8 Å². The lowest BCUT2D eigenvalue weighted by Crippen LogP contribution is -2.23. The third-order valence-electron chi connectivity index (χ3n) is 4.05. The van der Waals surface area contributed by atoms with Gasteiger partial charge in [-0.2, -0.15) is 18.3 Å². The van der Waals surface area contributed by atoms with Gasteiger partial charge in [0.1, 0.15) is 0 Å². The highest BCUT2D eigenvalue weighted by molar-refractivity contribution is 5.92. The minimum absolute atomic E-state index is 0.0265. The maximum Gasteiger partial charge on any atom is 0.416 e. The van der Waals surface area contributed by atoms with Gasteiger partial charge in [0.15, 0.2) is 5.69 Å². The molecule has 0 radical (unpaired) electrons. The number of carbonyl (C=O) groups excluding carboxylic acids is 1. The van der Waals surface area contributed by atoms with Crippen molar-refractivity contribution >= 4 is 11.6 Å². The van der Waals surface area contributed by atoms with E-state index in [1.54, 1.807) is 6.07 Å². The maximum atomic E-state index is 12.8. The molecule has 3 rings (SSSR count). The highest BCUT2D eigenvalue weighted by atomic mass is 19.4. The standard InChI is InChI=1S/C19H15F3N4O4/c1-25-17(30-16-8-3-2-7-15(16)26(28)29)10-14(24-25)18(27)23-11-12-5-4-6-13(9-12)19(20,21)22/h2-10H,11H2,1H3,(H,23,27). The Kier molecular flexibility index (Phi) is 5.72. The Hall–Kier alpha value is -3.89. The molecule has 0 saturated carbocycles. The number of para-hydroxylation sites is 2. The average molecular weight is 420 g/mol. The zero-order valence-corrected chi connectivity index (χ0v) is 15.5. The first-order valence-electron chi connectivity index (χ1n) is 8.55. The van der Waals surface area contributed by atoms with E-state index in [1.807, 2.05) is 0 Å². The van der Waals surface area contributed by atoms with Gasteiger partial charge in [0.05, 0.1) is 10.5 Å². The number of hydrogen-bond donors (Lipinski definition) is 1. The van der Waals surface area contributed by atoms with Gasteiger partial charge in [0, 0.05) is 25.7 Å². The topological polar surface area (TPSA) is 99.3 Å². The van der Waals surface area contributed by atoms with Crippen molar-refractivity contribution in [3.8, 4) is 11.6 Å². The number of benzene rings is 2. The van der Waals surface area contributed by atoms with Gasteiger partial charge in [0.25, 0.3) is 5.91 Å². The summed E-state index contributed by atoms with van der Waals surface area (Å²) in [5, 5.41) is 17.5. The maximum absolute atomic E-state index is 12.8. The monoisotopic (exact) mass is 420 g/mol. The Labute approximate surface area is 168 Å². The van der Waals surface area contributed by atoms with Crippen molar-refractivity contribution in [2.45, 2.75) is 12.7 Å². The average Bonchev–Trinajstić information content (AvgIpc) is 3.06. The number of halogens is 3. The predicted octanol–water partition coefficient (Wildman–Crippen LogP) is 4.07. The third kappa shape index (κ3) is 4.74. The summed E-state index contributed by atoms with van der Waals surface area (Å²) in [6, 6.07) is 11.6. The first kappa shape index (κ1) is 20.8. The normalized spacial score (nSPS) is 11.2. The second-order valence-corrected chi connectivity index (χ2v) is 6.20. The number of nitro benzene ring substituents is 1. The highest BCUT2D eigenvalue weighted by Crippen LogP contribution is 2.31. The number of alkyl halides is 3. The zero-order chi connectivity index (χ0) is 21.9. The Morgan fingerprint density at radius 2 is 1.93 bits per heavy atom. The molecule has 1 N–H and O–H groups in total. The lowest BCUT2D eigenvalue weighted by molar-refractivity contribution is -0.385. The fourth-order valence-electron chi connectivity index (χ4n) is 2.59. The van der Waals surface area contributed by atoms with Crippen LogP contribution in [0.15, 0.2) is 54.6 Å². The summed E-state index contributed by atoms with van der Waals surface area (Å²) in [5.74, 6) is -0.588. The molecule has 156 valence electrons. The fourth-order valence-corrected chi connectivity index (χ4v) is 2.59. The van der Waals surface area contributed by atoms with E-state index < -0.39 is 22.6 Å². The fraction of sp³-hybridized carbons (Fsp3) is 0.158. The van der Waals surface area contributed by atoms with Crippen LogP contribution in [0.5, 0.6) is 11.6 Å². The van der Waals surface area contributed by atoms with Crippen LogP contribution in [0.3, 0.4) is 0 Å². The summed E-state index contributed by atoms with van der Waals surface area (Å²) in [6.07, 6.45) is -4.48. The number of nitrogens with one attached hydrogen (secondary N) is 1. The SMILES string of the molecule is Cn1nc(C(=O)NCc2cccc(C(F)(F)F)c2)cc1Oc1ccccc1[N+](=O)[O-]. The largest absolute Gasteiger partial charge is 0.432 e. The molecule has 1 amide bonds. The molecule has 3 aromatic rings. The Morgan fingerprint density at radius 3 is 2.63 bits per heavy atom. The van der Waals surface area contributed by atoms with Crippen LogP contribution in [-0.2, 0) is 19.8 Å². The number of nitro groups is 1. The van der Waals surface area contributed by atoms with Crippen molar-refractivity contribution in [1.82, 2.24) is 15.1 Å². The van der Waals surface area contributed by atoms with Crippen molar-refractivity contribution in [3.05, 3.63) is 81.5 Å². The summed E-state index contributed by atoms with van der Waals surface area (Å²) < 4.78 is 45.1. The van der Waals surface area contributed by atoms with E-state index in [-0.39, 0.29) is 35.1 Å². The molecule has 1 heterocycles. The van der Waals surface area contributed by atoms with Crippen molar-refractivity contribution in [3.63, 3.8) is 0 Å². The summed E-state index contributed by atoms with van der Waals surface area (Å²) >= 11 is 0. The van der Waals surface area contributed by atoms with Gasteiger partial charge in [-0.1, -0.05) is 24.3 Å². The molecule has 1 aromatic heterocycles. The predicted molar refractivity (Wildman–Crippen MR) is 99.0 cm³/mol. The number of hydrogen-bond acceptors (Lipinski definition) is 5. The van der Waals surface area contributed by atoms with Crippen LogP contribution in [0.1, 0.15) is 21.6 Å². The second kappa shape index (κ2) is 8.23. The second-order valence-electron chi connectivity index (χ2n) is 6.20. The van der Waals surface area contributed by atoms with E-state index in [4.69, 9.17) is 4.74 Å². The van der Waals surface area contributed by atoms with E-state index in [0.29, 0.717) is 0 Å². The van der Waals surface area contributed by atoms with Crippen LogP contribution in [0.25, 0.3) is 0 Å². The molecule has 0 aliphatic carbocycles. The molecule has 0 unspecified atom stereocenters. The zero-order valence-electron chi connectivity index (χ0n) is 15.5. The molecular weight excluding hydrogens is 405 g/mol. The first-order chi connectivity index (χ1) is 14.1. The van der Waals surface area contributed by atoms with E-state index in [1.165, 1.54) is 48.1 Å². The lowest BCUT2D eigenvalue weighted by atomic mass is 10.1. The van der Waals surface area contributed by atoms with Crippen molar-refractivity contribution in [2.75, 3.05) is 0 Å². The smallest absolute Gasteiger partial charge is 0.416 e. The summed E-state index contributed by atoms with van der Waals surface area (Å²) in [5.41, 5.74) is -0.856. The highest BCUT2D eigenvalue weighted by Gasteiger charge is 2.30. The number of amides is 1. The third-order valence-corrected chi connectivity index (χ3v) is 4.05. The number of ether oxygens (including phenoxy) is 1. The van der Waals surface area contributed by atoms with Crippen molar-refractivity contribution in [1.29, 1.82) is 0 Å². The van der Waals surface area contributed by atoms with Gasteiger partial charge in [-0.15, -0.1) is 0 Å². The molecule has 0 aliphatic rings. The molecular formula is C19H15F3N4O4. The number of rotatable bonds is 6. The molecule has 0 saturated heterocycles. The van der Waals surface area contributed by atoms with Crippen LogP contribution in [0, 0.1) is 10.1 Å². The summed E-state index contributed by atoms with van der Waals surface area (Å²) in [4.78, 5) is 22.8. The number of aromatic nitrogens is 2. The van der Waals surface area contributed by atoms with Gasteiger partial charge in [-0.25, -0.2) is 4.68 Å². The minimum atomic E-state index is -4.48. The van der Waals surface area contributed by atoms with Crippen LogP contribution in [0.4, 0.5) is 18.9 Å². The molecule has 2 aromatic carbocycles. The molecule has 0 spiro atoms. The van der Waals surface area contributed by atoms with Gasteiger partial charge in [-0.3, -0.25) is 14.9 Å².